The van der Waals surface area contributed by atoms with Gasteiger partial charge in [0.1, 0.15) is 5.60 Å². The van der Waals surface area contributed by atoms with Crippen molar-refractivity contribution in [2.45, 2.75) is 78.0 Å². The maximum Gasteiger partial charge on any atom is 0.408 e. The molecule has 1 aliphatic heterocycles. The highest BCUT2D eigenvalue weighted by Crippen LogP contribution is 2.13. The third kappa shape index (κ3) is 7.99. The lowest BCUT2D eigenvalue weighted by Crippen LogP contribution is -2.53. The first-order valence-electron chi connectivity index (χ1n) is 8.58. The predicted molar refractivity (Wildman–Crippen MR) is 91.2 cm³/mol. The number of ether oxygens (including phenoxy) is 1. The van der Waals surface area contributed by atoms with Crippen molar-refractivity contribution in [2.75, 3.05) is 26.2 Å². The lowest BCUT2D eigenvalue weighted by atomic mass is 10.0. The standard InChI is InChI=1S/C17H35N3O2/c1-7-20-11-8-9-14(10-12-20)18-13-17(5,6)19-15(21)22-16(2,3)4/h14,18H,7-13H2,1-6H3,(H,19,21). The van der Waals surface area contributed by atoms with Crippen molar-refractivity contribution in [3.05, 3.63) is 0 Å². The van der Waals surface area contributed by atoms with Gasteiger partial charge < -0.3 is 20.3 Å². The molecular weight excluding hydrogens is 278 g/mol. The molecule has 1 unspecified atom stereocenters. The van der Waals surface area contributed by atoms with E-state index in [9.17, 15) is 4.79 Å². The van der Waals surface area contributed by atoms with E-state index < -0.39 is 5.60 Å². The number of nitrogens with zero attached hydrogens (tertiary/aromatic N) is 1. The van der Waals surface area contributed by atoms with Gasteiger partial charge in [-0.05, 0) is 73.5 Å². The van der Waals surface area contributed by atoms with Crippen LogP contribution in [0.15, 0.2) is 0 Å². The van der Waals surface area contributed by atoms with Crippen LogP contribution in [0.25, 0.3) is 0 Å². The van der Waals surface area contributed by atoms with E-state index in [0.717, 1.165) is 19.6 Å². The quantitative estimate of drug-likeness (QED) is 0.819. The summed E-state index contributed by atoms with van der Waals surface area (Å²) in [6.07, 6.45) is 3.28. The number of hydrogen-bond acceptors (Lipinski definition) is 4. The Bertz CT molecular complexity index is 350. The minimum Gasteiger partial charge on any atom is -0.444 e. The second kappa shape index (κ2) is 8.16. The molecule has 0 saturated carbocycles. The second-order valence-electron chi connectivity index (χ2n) is 7.95. The van der Waals surface area contributed by atoms with Gasteiger partial charge in [-0.1, -0.05) is 6.92 Å². The third-order valence-corrected chi connectivity index (χ3v) is 3.94. The molecule has 1 rings (SSSR count). The van der Waals surface area contributed by atoms with E-state index in [4.69, 9.17) is 4.74 Å². The molecule has 130 valence electrons. The van der Waals surface area contributed by atoms with Crippen LogP contribution >= 0.6 is 0 Å². The zero-order chi connectivity index (χ0) is 16.8. The SMILES string of the molecule is CCN1CCCC(NCC(C)(C)NC(=O)OC(C)(C)C)CC1. The molecule has 1 atom stereocenters. The normalized spacial score (nSPS) is 21.3. The smallest absolute Gasteiger partial charge is 0.408 e. The first-order valence-corrected chi connectivity index (χ1v) is 8.58. The minimum atomic E-state index is -0.460. The Kier molecular flexibility index (Phi) is 7.13. The molecule has 5 nitrogen and oxygen atoms in total. The largest absolute Gasteiger partial charge is 0.444 e. The number of rotatable bonds is 5. The molecule has 1 amide bonds. The summed E-state index contributed by atoms with van der Waals surface area (Å²) < 4.78 is 5.33. The lowest BCUT2D eigenvalue weighted by Gasteiger charge is -2.30. The van der Waals surface area contributed by atoms with Crippen molar-refractivity contribution in [1.29, 1.82) is 0 Å². The van der Waals surface area contributed by atoms with Crippen molar-refractivity contribution in [3.63, 3.8) is 0 Å². The molecule has 0 radical (unpaired) electrons. The van der Waals surface area contributed by atoms with Crippen LogP contribution in [-0.4, -0.2) is 54.4 Å². The number of alkyl carbamates (subject to hydrolysis) is 1. The van der Waals surface area contributed by atoms with Gasteiger partial charge in [0.25, 0.3) is 0 Å². The molecule has 22 heavy (non-hydrogen) atoms. The molecule has 0 bridgehead atoms. The number of nitrogens with one attached hydrogen (secondary N) is 2. The van der Waals surface area contributed by atoms with Gasteiger partial charge in [-0.15, -0.1) is 0 Å². The van der Waals surface area contributed by atoms with E-state index in [0.29, 0.717) is 6.04 Å². The third-order valence-electron chi connectivity index (χ3n) is 3.94. The Morgan fingerprint density at radius 1 is 1.18 bits per heavy atom. The zero-order valence-corrected chi connectivity index (χ0v) is 15.3. The number of carbonyl (C=O) groups excluding carboxylic acids is 1. The van der Waals surface area contributed by atoms with Crippen molar-refractivity contribution in [3.8, 4) is 0 Å². The summed E-state index contributed by atoms with van der Waals surface area (Å²) in [5, 5.41) is 6.57. The molecular formula is C17H35N3O2. The number of likely N-dealkylation sites (tertiary alicyclic amines) is 1. The van der Waals surface area contributed by atoms with Gasteiger partial charge >= 0.3 is 6.09 Å². The fourth-order valence-corrected chi connectivity index (χ4v) is 2.70. The van der Waals surface area contributed by atoms with E-state index in [1.807, 2.05) is 34.6 Å². The molecule has 0 spiro atoms. The highest BCUT2D eigenvalue weighted by Gasteiger charge is 2.25. The van der Waals surface area contributed by atoms with Crippen LogP contribution in [0.3, 0.4) is 0 Å². The lowest BCUT2D eigenvalue weighted by molar-refractivity contribution is 0.0470. The van der Waals surface area contributed by atoms with Crippen molar-refractivity contribution in [1.82, 2.24) is 15.5 Å². The fraction of sp³-hybridized carbons (Fsp3) is 0.941. The van der Waals surface area contributed by atoms with Gasteiger partial charge in [0.2, 0.25) is 0 Å². The van der Waals surface area contributed by atoms with Crippen LogP contribution in [0, 0.1) is 0 Å². The molecule has 1 saturated heterocycles. The van der Waals surface area contributed by atoms with Crippen LogP contribution in [-0.2, 0) is 4.74 Å². The summed E-state index contributed by atoms with van der Waals surface area (Å²) in [7, 11) is 0. The van der Waals surface area contributed by atoms with E-state index in [2.05, 4.69) is 22.5 Å². The van der Waals surface area contributed by atoms with Gasteiger partial charge in [-0.2, -0.15) is 0 Å². The van der Waals surface area contributed by atoms with Crippen LogP contribution in [0.2, 0.25) is 0 Å². The van der Waals surface area contributed by atoms with Crippen LogP contribution in [0.1, 0.15) is 60.8 Å². The van der Waals surface area contributed by atoms with Crippen molar-refractivity contribution < 1.29 is 9.53 Å². The first-order chi connectivity index (χ1) is 10.1. The van der Waals surface area contributed by atoms with E-state index >= 15 is 0 Å². The molecule has 0 aromatic heterocycles. The number of hydrogen-bond donors (Lipinski definition) is 2. The Labute approximate surface area is 136 Å². The van der Waals surface area contributed by atoms with E-state index in [1.54, 1.807) is 0 Å². The van der Waals surface area contributed by atoms with Gasteiger partial charge in [0.05, 0.1) is 5.54 Å². The topological polar surface area (TPSA) is 53.6 Å². The number of amides is 1. The molecule has 0 aromatic rings. The van der Waals surface area contributed by atoms with Crippen molar-refractivity contribution >= 4 is 6.09 Å². The average Bonchev–Trinajstić information content (AvgIpc) is 2.58. The first kappa shape index (κ1) is 19.2. The van der Waals surface area contributed by atoms with Crippen LogP contribution in [0.5, 0.6) is 0 Å². The summed E-state index contributed by atoms with van der Waals surface area (Å²) in [6, 6.07) is 0.538. The molecule has 5 heteroatoms. The highest BCUT2D eigenvalue weighted by molar-refractivity contribution is 5.68. The Morgan fingerprint density at radius 2 is 1.86 bits per heavy atom. The predicted octanol–water partition coefficient (Wildman–Crippen LogP) is 2.75. The van der Waals surface area contributed by atoms with Gasteiger partial charge in [-0.25, -0.2) is 4.79 Å². The minimum absolute atomic E-state index is 0.320. The number of carbonyl (C=O) groups is 1. The maximum atomic E-state index is 11.9. The van der Waals surface area contributed by atoms with Gasteiger partial charge in [-0.3, -0.25) is 0 Å². The van der Waals surface area contributed by atoms with E-state index in [-0.39, 0.29) is 11.6 Å². The average molecular weight is 313 g/mol. The Morgan fingerprint density at radius 3 is 2.45 bits per heavy atom. The summed E-state index contributed by atoms with van der Waals surface area (Å²) >= 11 is 0. The van der Waals surface area contributed by atoms with E-state index in [1.165, 1.54) is 25.8 Å². The molecule has 1 aliphatic rings. The fourth-order valence-electron chi connectivity index (χ4n) is 2.70. The maximum absolute atomic E-state index is 11.9. The molecule has 1 fully saturated rings. The summed E-state index contributed by atoms with van der Waals surface area (Å²) in [5.41, 5.74) is -0.780. The zero-order valence-electron chi connectivity index (χ0n) is 15.3. The molecule has 0 aliphatic carbocycles. The Hall–Kier alpha value is -0.810. The Balaban J connectivity index is 2.36. The van der Waals surface area contributed by atoms with Gasteiger partial charge in [0, 0.05) is 12.6 Å². The summed E-state index contributed by atoms with van der Waals surface area (Å²) in [4.78, 5) is 14.4. The van der Waals surface area contributed by atoms with Gasteiger partial charge in [0.15, 0.2) is 0 Å². The van der Waals surface area contributed by atoms with Crippen LogP contribution < -0.4 is 10.6 Å². The highest BCUT2D eigenvalue weighted by atomic mass is 16.6. The summed E-state index contributed by atoms with van der Waals surface area (Å²) in [6.45, 7) is 16.2. The molecule has 1 heterocycles. The molecule has 2 N–H and O–H groups in total. The second-order valence-corrected chi connectivity index (χ2v) is 7.95. The van der Waals surface area contributed by atoms with Crippen molar-refractivity contribution in [2.24, 2.45) is 0 Å². The van der Waals surface area contributed by atoms with Crippen LogP contribution in [0.4, 0.5) is 4.79 Å². The molecule has 0 aromatic carbocycles. The monoisotopic (exact) mass is 313 g/mol. The summed E-state index contributed by atoms with van der Waals surface area (Å²) in [5.74, 6) is 0.